The molecule has 1 aromatic heterocycles. The molecule has 2 aliphatic rings. The smallest absolute Gasteiger partial charge is 0.227 e. The van der Waals surface area contributed by atoms with Crippen LogP contribution in [0.2, 0.25) is 0 Å². The fourth-order valence-electron chi connectivity index (χ4n) is 4.95. The van der Waals surface area contributed by atoms with Gasteiger partial charge < -0.3 is 10.2 Å². The molecular weight excluding hydrogens is 336 g/mol. The summed E-state index contributed by atoms with van der Waals surface area (Å²) in [6.45, 7) is 3.73. The standard InChI is InChI=1S/C22H30N4O/c1-15-7-9-16(10-8-15)18-5-4-6-21(18)26(3)22(27)20-13-23-12-19(20)17-11-24-25(2)14-17/h7-11,14,18-21,23H,4-6,12-13H2,1-3H3/t18?,19-,20+,21?/m1/s1. The molecule has 4 rings (SSSR count). The normalized spacial score (nSPS) is 27.8. The lowest BCUT2D eigenvalue weighted by molar-refractivity contribution is -0.136. The van der Waals surface area contributed by atoms with Crippen LogP contribution in [-0.4, -0.2) is 46.8 Å². The van der Waals surface area contributed by atoms with Crippen molar-refractivity contribution in [3.63, 3.8) is 0 Å². The molecule has 1 amide bonds. The van der Waals surface area contributed by atoms with Crippen LogP contribution in [0.1, 0.15) is 47.8 Å². The number of aryl methyl sites for hydroxylation is 2. The van der Waals surface area contributed by atoms with E-state index >= 15 is 0 Å². The molecule has 5 heteroatoms. The number of rotatable bonds is 4. The topological polar surface area (TPSA) is 50.2 Å². The van der Waals surface area contributed by atoms with Crippen LogP contribution in [0.15, 0.2) is 36.7 Å². The van der Waals surface area contributed by atoms with Gasteiger partial charge in [0.05, 0.1) is 12.1 Å². The average Bonchev–Trinajstić information content (AvgIpc) is 3.41. The van der Waals surface area contributed by atoms with Gasteiger partial charge in [-0.2, -0.15) is 5.10 Å². The second-order valence-corrected chi connectivity index (χ2v) is 8.28. The van der Waals surface area contributed by atoms with Gasteiger partial charge in [0.25, 0.3) is 0 Å². The van der Waals surface area contributed by atoms with Crippen LogP contribution in [0.25, 0.3) is 0 Å². The molecule has 0 spiro atoms. The number of likely N-dealkylation sites (N-methyl/N-ethyl adjacent to an activating group) is 1. The van der Waals surface area contributed by atoms with Crippen molar-refractivity contribution in [3.8, 4) is 0 Å². The molecule has 1 aliphatic carbocycles. The van der Waals surface area contributed by atoms with Gasteiger partial charge in [-0.3, -0.25) is 9.48 Å². The zero-order chi connectivity index (χ0) is 19.0. The lowest BCUT2D eigenvalue weighted by Crippen LogP contribution is -2.43. The third-order valence-electron chi connectivity index (χ3n) is 6.51. The Morgan fingerprint density at radius 2 is 1.93 bits per heavy atom. The zero-order valence-electron chi connectivity index (χ0n) is 16.6. The molecule has 1 aliphatic heterocycles. The van der Waals surface area contributed by atoms with Crippen LogP contribution in [-0.2, 0) is 11.8 Å². The highest BCUT2D eigenvalue weighted by molar-refractivity contribution is 5.81. The number of nitrogens with one attached hydrogen (secondary N) is 1. The fraction of sp³-hybridized carbons (Fsp3) is 0.545. The van der Waals surface area contributed by atoms with Crippen LogP contribution < -0.4 is 5.32 Å². The molecule has 1 N–H and O–H groups in total. The molecule has 0 radical (unpaired) electrons. The van der Waals surface area contributed by atoms with Gasteiger partial charge >= 0.3 is 0 Å². The molecule has 0 bridgehead atoms. The first-order valence-corrected chi connectivity index (χ1v) is 10.1. The minimum atomic E-state index is -0.00142. The summed E-state index contributed by atoms with van der Waals surface area (Å²) in [5, 5.41) is 7.72. The molecule has 5 nitrogen and oxygen atoms in total. The molecule has 2 heterocycles. The minimum Gasteiger partial charge on any atom is -0.342 e. The van der Waals surface area contributed by atoms with E-state index in [1.54, 1.807) is 0 Å². The monoisotopic (exact) mass is 366 g/mol. The largest absolute Gasteiger partial charge is 0.342 e. The number of nitrogens with zero attached hydrogens (tertiary/aromatic N) is 3. The van der Waals surface area contributed by atoms with Gasteiger partial charge in [0.1, 0.15) is 0 Å². The lowest BCUT2D eigenvalue weighted by atomic mass is 9.88. The first-order valence-electron chi connectivity index (χ1n) is 10.1. The van der Waals surface area contributed by atoms with Gasteiger partial charge in [-0.05, 0) is 30.9 Å². The first-order chi connectivity index (χ1) is 13.0. The van der Waals surface area contributed by atoms with Gasteiger partial charge in [0, 0.05) is 51.3 Å². The Kier molecular flexibility index (Phi) is 5.04. The van der Waals surface area contributed by atoms with E-state index in [2.05, 4.69) is 46.5 Å². The van der Waals surface area contributed by atoms with Crippen LogP contribution in [0.4, 0.5) is 0 Å². The van der Waals surface area contributed by atoms with Gasteiger partial charge in [-0.1, -0.05) is 36.2 Å². The number of carbonyl (C=O) groups is 1. The van der Waals surface area contributed by atoms with Crippen molar-refractivity contribution in [2.24, 2.45) is 13.0 Å². The van der Waals surface area contributed by atoms with Crippen LogP contribution >= 0.6 is 0 Å². The van der Waals surface area contributed by atoms with Crippen LogP contribution in [0, 0.1) is 12.8 Å². The molecule has 144 valence electrons. The van der Waals surface area contributed by atoms with E-state index in [0.29, 0.717) is 12.0 Å². The summed E-state index contributed by atoms with van der Waals surface area (Å²) < 4.78 is 1.82. The third-order valence-corrected chi connectivity index (χ3v) is 6.51. The maximum Gasteiger partial charge on any atom is 0.227 e. The highest BCUT2D eigenvalue weighted by Gasteiger charge is 2.40. The van der Waals surface area contributed by atoms with E-state index < -0.39 is 0 Å². The summed E-state index contributed by atoms with van der Waals surface area (Å²) in [5.74, 6) is 0.940. The molecule has 2 fully saturated rings. The van der Waals surface area contributed by atoms with Gasteiger partial charge in [0.15, 0.2) is 0 Å². The number of hydrogen-bond acceptors (Lipinski definition) is 3. The number of carbonyl (C=O) groups excluding carboxylic acids is 1. The number of benzene rings is 1. The summed E-state index contributed by atoms with van der Waals surface area (Å²) in [5.41, 5.74) is 3.82. The first kappa shape index (κ1) is 18.2. The summed E-state index contributed by atoms with van der Waals surface area (Å²) in [6, 6.07) is 9.16. The molecule has 1 saturated carbocycles. The second-order valence-electron chi connectivity index (χ2n) is 8.28. The maximum atomic E-state index is 13.4. The summed E-state index contributed by atoms with van der Waals surface area (Å²) >= 11 is 0. The Hall–Kier alpha value is -2.14. The predicted molar refractivity (Wildman–Crippen MR) is 107 cm³/mol. The zero-order valence-corrected chi connectivity index (χ0v) is 16.6. The van der Waals surface area contributed by atoms with E-state index in [1.165, 1.54) is 24.0 Å². The second kappa shape index (κ2) is 7.47. The Morgan fingerprint density at radius 1 is 1.15 bits per heavy atom. The quantitative estimate of drug-likeness (QED) is 0.905. The van der Waals surface area contributed by atoms with Crippen molar-refractivity contribution in [1.82, 2.24) is 20.0 Å². The maximum absolute atomic E-state index is 13.4. The van der Waals surface area contributed by atoms with E-state index in [0.717, 1.165) is 25.1 Å². The summed E-state index contributed by atoms with van der Waals surface area (Å²) in [4.78, 5) is 15.5. The minimum absolute atomic E-state index is 0.00142. The SMILES string of the molecule is Cc1ccc(C2CCCC2N(C)C(=O)[C@H]2CNC[C@@H]2c2cnn(C)c2)cc1. The van der Waals surface area contributed by atoms with Crippen molar-refractivity contribution in [1.29, 1.82) is 0 Å². The van der Waals surface area contributed by atoms with Crippen molar-refractivity contribution < 1.29 is 4.79 Å². The highest BCUT2D eigenvalue weighted by atomic mass is 16.2. The molecule has 1 aromatic carbocycles. The van der Waals surface area contributed by atoms with Gasteiger partial charge in [0.2, 0.25) is 5.91 Å². The molecular formula is C22H30N4O. The number of aromatic nitrogens is 2. The highest BCUT2D eigenvalue weighted by Crippen LogP contribution is 2.39. The molecule has 4 atom stereocenters. The van der Waals surface area contributed by atoms with E-state index in [-0.39, 0.29) is 17.7 Å². The van der Waals surface area contributed by atoms with E-state index in [1.807, 2.05) is 31.2 Å². The Labute approximate surface area is 161 Å². The van der Waals surface area contributed by atoms with Crippen molar-refractivity contribution >= 4 is 5.91 Å². The van der Waals surface area contributed by atoms with Crippen LogP contribution in [0.3, 0.4) is 0 Å². The molecule has 1 saturated heterocycles. The van der Waals surface area contributed by atoms with E-state index in [4.69, 9.17) is 0 Å². The third kappa shape index (κ3) is 3.53. The Morgan fingerprint density at radius 3 is 2.63 bits per heavy atom. The summed E-state index contributed by atoms with van der Waals surface area (Å²) in [7, 11) is 3.94. The van der Waals surface area contributed by atoms with Gasteiger partial charge in [-0.25, -0.2) is 0 Å². The predicted octanol–water partition coefficient (Wildman–Crippen LogP) is 2.83. The van der Waals surface area contributed by atoms with Crippen molar-refractivity contribution in [2.45, 2.75) is 44.1 Å². The average molecular weight is 367 g/mol. The Balaban J connectivity index is 1.51. The van der Waals surface area contributed by atoms with Crippen molar-refractivity contribution in [3.05, 3.63) is 53.3 Å². The molecule has 2 aromatic rings. The van der Waals surface area contributed by atoms with Crippen molar-refractivity contribution in [2.75, 3.05) is 20.1 Å². The Bertz CT molecular complexity index is 797. The van der Waals surface area contributed by atoms with Crippen LogP contribution in [0.5, 0.6) is 0 Å². The fourth-order valence-corrected chi connectivity index (χ4v) is 4.95. The van der Waals surface area contributed by atoms with E-state index in [9.17, 15) is 4.79 Å². The molecule has 27 heavy (non-hydrogen) atoms. The van der Waals surface area contributed by atoms with Gasteiger partial charge in [-0.15, -0.1) is 0 Å². The molecule has 2 unspecified atom stereocenters. The number of hydrogen-bond donors (Lipinski definition) is 1. The number of amides is 1. The lowest BCUT2D eigenvalue weighted by Gasteiger charge is -2.33. The summed E-state index contributed by atoms with van der Waals surface area (Å²) in [6.07, 6.45) is 7.40.